The molecule has 0 aliphatic carbocycles. The number of carbonyl (C=O) groups excluding carboxylic acids is 1. The first-order valence-electron chi connectivity index (χ1n) is 8.67. The summed E-state index contributed by atoms with van der Waals surface area (Å²) in [5.74, 6) is -0.527. The van der Waals surface area contributed by atoms with Crippen molar-refractivity contribution in [2.45, 2.75) is 4.90 Å². The second kappa shape index (κ2) is 8.74. The Morgan fingerprint density at radius 3 is 2.17 bits per heavy atom. The standard InChI is InChI=1S/C21H19FN2O4S/c1-28-19-11-9-18(10-12-19)24(15-21(25)23-17-5-3-2-4-6-17)29(26,27)20-13-7-16(22)8-14-20/h2-14H,15H2,1H3,(H,23,25). The third-order valence-corrected chi connectivity index (χ3v) is 5.89. The lowest BCUT2D eigenvalue weighted by Crippen LogP contribution is -2.38. The van der Waals surface area contributed by atoms with E-state index in [4.69, 9.17) is 4.74 Å². The Hall–Kier alpha value is -3.39. The van der Waals surface area contributed by atoms with Crippen molar-refractivity contribution in [2.24, 2.45) is 0 Å². The van der Waals surface area contributed by atoms with Gasteiger partial charge in [0.05, 0.1) is 17.7 Å². The van der Waals surface area contributed by atoms with Crippen molar-refractivity contribution in [1.82, 2.24) is 0 Å². The van der Waals surface area contributed by atoms with Gasteiger partial charge < -0.3 is 10.1 Å². The van der Waals surface area contributed by atoms with Gasteiger partial charge in [-0.05, 0) is 60.7 Å². The molecule has 0 heterocycles. The van der Waals surface area contributed by atoms with Crippen molar-refractivity contribution in [3.05, 3.63) is 84.7 Å². The smallest absolute Gasteiger partial charge is 0.264 e. The number of benzene rings is 3. The van der Waals surface area contributed by atoms with Crippen molar-refractivity contribution < 1.29 is 22.3 Å². The first-order valence-corrected chi connectivity index (χ1v) is 10.1. The van der Waals surface area contributed by atoms with Gasteiger partial charge in [0, 0.05) is 5.69 Å². The van der Waals surface area contributed by atoms with Crippen LogP contribution < -0.4 is 14.4 Å². The number of carbonyl (C=O) groups is 1. The number of nitrogens with one attached hydrogen (secondary N) is 1. The first kappa shape index (κ1) is 20.3. The van der Waals surface area contributed by atoms with Crippen LogP contribution in [0.15, 0.2) is 83.8 Å². The monoisotopic (exact) mass is 414 g/mol. The van der Waals surface area contributed by atoms with Crippen LogP contribution in [0.1, 0.15) is 0 Å². The molecular weight excluding hydrogens is 395 g/mol. The Morgan fingerprint density at radius 2 is 1.59 bits per heavy atom. The minimum Gasteiger partial charge on any atom is -0.497 e. The zero-order chi connectivity index (χ0) is 20.9. The molecule has 8 heteroatoms. The molecule has 0 atom stereocenters. The highest BCUT2D eigenvalue weighted by Gasteiger charge is 2.27. The predicted molar refractivity (Wildman–Crippen MR) is 109 cm³/mol. The van der Waals surface area contributed by atoms with Crippen molar-refractivity contribution >= 4 is 27.3 Å². The van der Waals surface area contributed by atoms with Gasteiger partial charge in [0.2, 0.25) is 5.91 Å². The largest absolute Gasteiger partial charge is 0.497 e. The summed E-state index contributed by atoms with van der Waals surface area (Å²) in [5.41, 5.74) is 0.824. The van der Waals surface area contributed by atoms with Crippen LogP contribution in [0.4, 0.5) is 15.8 Å². The van der Waals surface area contributed by atoms with E-state index in [1.807, 2.05) is 0 Å². The van der Waals surface area contributed by atoms with Gasteiger partial charge in [-0.25, -0.2) is 12.8 Å². The molecule has 3 rings (SSSR count). The fourth-order valence-electron chi connectivity index (χ4n) is 2.65. The highest BCUT2D eigenvalue weighted by atomic mass is 32.2. The van der Waals surface area contributed by atoms with E-state index < -0.39 is 28.3 Å². The van der Waals surface area contributed by atoms with Gasteiger partial charge in [-0.2, -0.15) is 0 Å². The molecule has 0 aliphatic heterocycles. The zero-order valence-electron chi connectivity index (χ0n) is 15.6. The third kappa shape index (κ3) is 4.91. The van der Waals surface area contributed by atoms with Crippen LogP contribution in [0.25, 0.3) is 0 Å². The molecule has 6 nitrogen and oxygen atoms in total. The van der Waals surface area contributed by atoms with E-state index in [-0.39, 0.29) is 10.6 Å². The maximum Gasteiger partial charge on any atom is 0.264 e. The SMILES string of the molecule is COc1ccc(N(CC(=O)Nc2ccccc2)S(=O)(=O)c2ccc(F)cc2)cc1. The van der Waals surface area contributed by atoms with E-state index in [0.29, 0.717) is 11.4 Å². The number of amides is 1. The highest BCUT2D eigenvalue weighted by Crippen LogP contribution is 2.26. The van der Waals surface area contributed by atoms with Crippen LogP contribution in [0, 0.1) is 5.82 Å². The summed E-state index contributed by atoms with van der Waals surface area (Å²) in [7, 11) is -2.62. The second-order valence-corrected chi connectivity index (χ2v) is 7.94. The van der Waals surface area contributed by atoms with Gasteiger partial charge >= 0.3 is 0 Å². The maximum atomic E-state index is 13.2. The van der Waals surface area contributed by atoms with Gasteiger partial charge in [0.25, 0.3) is 10.0 Å². The summed E-state index contributed by atoms with van der Waals surface area (Å²) < 4.78 is 45.7. The minimum absolute atomic E-state index is 0.123. The number of para-hydroxylation sites is 1. The molecular formula is C21H19FN2O4S. The third-order valence-electron chi connectivity index (χ3n) is 4.11. The van der Waals surface area contributed by atoms with Gasteiger partial charge in [-0.1, -0.05) is 18.2 Å². The van der Waals surface area contributed by atoms with E-state index in [1.165, 1.54) is 19.2 Å². The molecule has 150 valence electrons. The number of ether oxygens (including phenoxy) is 1. The molecule has 0 radical (unpaired) electrons. The molecule has 0 aromatic heterocycles. The summed E-state index contributed by atoms with van der Waals surface area (Å²) >= 11 is 0. The number of anilines is 2. The highest BCUT2D eigenvalue weighted by molar-refractivity contribution is 7.92. The molecule has 29 heavy (non-hydrogen) atoms. The lowest BCUT2D eigenvalue weighted by atomic mass is 10.3. The Kier molecular flexibility index (Phi) is 6.13. The topological polar surface area (TPSA) is 75.7 Å². The van der Waals surface area contributed by atoms with Crippen molar-refractivity contribution in [2.75, 3.05) is 23.3 Å². The van der Waals surface area contributed by atoms with Gasteiger partial charge in [-0.3, -0.25) is 9.10 Å². The van der Waals surface area contributed by atoms with Gasteiger partial charge in [0.15, 0.2) is 0 Å². The van der Waals surface area contributed by atoms with E-state index in [1.54, 1.807) is 42.5 Å². The van der Waals surface area contributed by atoms with Crippen LogP contribution in [-0.2, 0) is 14.8 Å². The van der Waals surface area contributed by atoms with Crippen molar-refractivity contribution in [3.63, 3.8) is 0 Å². The zero-order valence-corrected chi connectivity index (χ0v) is 16.4. The quantitative estimate of drug-likeness (QED) is 0.640. The summed E-state index contributed by atoms with van der Waals surface area (Å²) in [4.78, 5) is 12.4. The van der Waals surface area contributed by atoms with E-state index in [9.17, 15) is 17.6 Å². The average Bonchev–Trinajstić information content (AvgIpc) is 2.73. The molecule has 0 fully saturated rings. The fourth-order valence-corrected chi connectivity index (χ4v) is 4.07. The summed E-state index contributed by atoms with van der Waals surface area (Å²) in [5, 5.41) is 2.67. The van der Waals surface area contributed by atoms with E-state index in [0.717, 1.165) is 28.6 Å². The molecule has 0 saturated heterocycles. The molecule has 3 aromatic rings. The maximum absolute atomic E-state index is 13.2. The molecule has 0 bridgehead atoms. The summed E-state index contributed by atoms with van der Waals surface area (Å²) in [6, 6.07) is 19.4. The van der Waals surface area contributed by atoms with Crippen LogP contribution in [0.2, 0.25) is 0 Å². The molecule has 1 N–H and O–H groups in total. The molecule has 0 aliphatic rings. The second-order valence-electron chi connectivity index (χ2n) is 6.08. The lowest BCUT2D eigenvalue weighted by molar-refractivity contribution is -0.114. The molecule has 0 saturated carbocycles. The normalized spacial score (nSPS) is 11.0. The number of halogens is 1. The Morgan fingerprint density at radius 1 is 0.966 bits per heavy atom. The summed E-state index contributed by atoms with van der Waals surface area (Å²) in [6.07, 6.45) is 0. The average molecular weight is 414 g/mol. The first-order chi connectivity index (χ1) is 13.9. The van der Waals surface area contributed by atoms with Crippen molar-refractivity contribution in [3.8, 4) is 5.75 Å². The van der Waals surface area contributed by atoms with Crippen LogP contribution in [0.3, 0.4) is 0 Å². The Labute approximate surface area is 168 Å². The predicted octanol–water partition coefficient (Wildman–Crippen LogP) is 3.67. The minimum atomic E-state index is -4.11. The number of hydrogen-bond donors (Lipinski definition) is 1. The molecule has 1 amide bonds. The van der Waals surface area contributed by atoms with Gasteiger partial charge in [0.1, 0.15) is 18.1 Å². The number of rotatable bonds is 7. The number of nitrogens with zero attached hydrogens (tertiary/aromatic N) is 1. The number of methoxy groups -OCH3 is 1. The molecule has 0 spiro atoms. The van der Waals surface area contributed by atoms with E-state index in [2.05, 4.69) is 5.32 Å². The number of sulfonamides is 1. The lowest BCUT2D eigenvalue weighted by Gasteiger charge is -2.24. The fraction of sp³-hybridized carbons (Fsp3) is 0.0952. The van der Waals surface area contributed by atoms with Crippen LogP contribution in [-0.4, -0.2) is 28.0 Å². The summed E-state index contributed by atoms with van der Waals surface area (Å²) in [6.45, 7) is -0.457. The van der Waals surface area contributed by atoms with Gasteiger partial charge in [-0.15, -0.1) is 0 Å². The van der Waals surface area contributed by atoms with E-state index >= 15 is 0 Å². The molecule has 0 unspecified atom stereocenters. The molecule has 3 aromatic carbocycles. The Bertz CT molecular complexity index is 1070. The van der Waals surface area contributed by atoms with Crippen molar-refractivity contribution in [1.29, 1.82) is 0 Å². The van der Waals surface area contributed by atoms with Crippen LogP contribution in [0.5, 0.6) is 5.75 Å². The number of hydrogen-bond acceptors (Lipinski definition) is 4. The van der Waals surface area contributed by atoms with Crippen LogP contribution >= 0.6 is 0 Å². The Balaban J connectivity index is 1.94.